The number of rotatable bonds is 2. The molecule has 20 heavy (non-hydrogen) atoms. The van der Waals surface area contributed by atoms with Crippen LogP contribution in [0.25, 0.3) is 11.3 Å². The first-order chi connectivity index (χ1) is 9.09. The van der Waals surface area contributed by atoms with Crippen LogP contribution in [0.2, 0.25) is 0 Å². The molecular formula is C16H18IrNO2-. The summed E-state index contributed by atoms with van der Waals surface area (Å²) in [6.07, 6.45) is 2.61. The Morgan fingerprint density at radius 3 is 2.35 bits per heavy atom. The van der Waals surface area contributed by atoms with Crippen LogP contribution in [-0.4, -0.2) is 21.3 Å². The number of hydrogen-bond donors (Lipinski definition) is 2. The summed E-state index contributed by atoms with van der Waals surface area (Å²) in [5, 5.41) is 16.9. The van der Waals surface area contributed by atoms with Gasteiger partial charge in [0.1, 0.15) is 0 Å². The van der Waals surface area contributed by atoms with Crippen molar-refractivity contribution in [1.82, 2.24) is 4.98 Å². The zero-order valence-electron chi connectivity index (χ0n) is 11.4. The monoisotopic (exact) mass is 449 g/mol. The van der Waals surface area contributed by atoms with E-state index in [0.717, 1.165) is 11.3 Å². The summed E-state index contributed by atoms with van der Waals surface area (Å²) in [6, 6.07) is 16.8. The molecule has 1 atom stereocenters. The van der Waals surface area contributed by atoms with Crippen LogP contribution in [0.4, 0.5) is 0 Å². The summed E-state index contributed by atoms with van der Waals surface area (Å²) in [6.45, 7) is 3.10. The fourth-order valence-corrected chi connectivity index (χ4v) is 1.42. The third kappa shape index (κ3) is 7.85. The van der Waals surface area contributed by atoms with Gasteiger partial charge in [-0.25, -0.2) is 0 Å². The van der Waals surface area contributed by atoms with E-state index in [-0.39, 0.29) is 25.9 Å². The molecule has 1 aromatic heterocycles. The molecule has 0 bridgehead atoms. The molecule has 0 saturated heterocycles. The first-order valence-corrected chi connectivity index (χ1v) is 6.03. The van der Waals surface area contributed by atoms with Gasteiger partial charge in [-0.2, -0.15) is 0 Å². The van der Waals surface area contributed by atoms with E-state index in [0.29, 0.717) is 0 Å². The molecule has 0 spiro atoms. The van der Waals surface area contributed by atoms with Gasteiger partial charge in [0.2, 0.25) is 0 Å². The zero-order chi connectivity index (χ0) is 14.1. The SMILES string of the molecule is C/C(O)=C/[C@H](C)O.[Ir].[c-]1ccccc1-c1ccccn1. The topological polar surface area (TPSA) is 53.4 Å². The Bertz CT molecular complexity index is 457. The Labute approximate surface area is 133 Å². The first-order valence-electron chi connectivity index (χ1n) is 6.03. The summed E-state index contributed by atoms with van der Waals surface area (Å²) in [5.74, 6) is 0.162. The molecule has 1 aromatic carbocycles. The number of aliphatic hydroxyl groups is 2. The Morgan fingerprint density at radius 2 is 1.95 bits per heavy atom. The number of benzene rings is 1. The largest absolute Gasteiger partial charge is 0.513 e. The Kier molecular flexibility index (Phi) is 9.56. The fraction of sp³-hybridized carbons (Fsp3) is 0.188. The van der Waals surface area contributed by atoms with Gasteiger partial charge in [0.15, 0.2) is 0 Å². The van der Waals surface area contributed by atoms with Gasteiger partial charge in [-0.05, 0) is 31.7 Å². The number of aliphatic hydroxyl groups excluding tert-OH is 2. The van der Waals surface area contributed by atoms with Crippen LogP contribution in [0, 0.1) is 6.07 Å². The van der Waals surface area contributed by atoms with E-state index in [2.05, 4.69) is 11.1 Å². The van der Waals surface area contributed by atoms with Crippen LogP contribution < -0.4 is 0 Å². The van der Waals surface area contributed by atoms with Gasteiger partial charge in [0.25, 0.3) is 0 Å². The van der Waals surface area contributed by atoms with E-state index in [4.69, 9.17) is 10.2 Å². The van der Waals surface area contributed by atoms with E-state index < -0.39 is 6.10 Å². The number of hydrogen-bond acceptors (Lipinski definition) is 3. The van der Waals surface area contributed by atoms with Crippen LogP contribution in [-0.2, 0) is 20.1 Å². The maximum Gasteiger partial charge on any atom is 0.0877 e. The Morgan fingerprint density at radius 1 is 1.25 bits per heavy atom. The Balaban J connectivity index is 0.000000396. The van der Waals surface area contributed by atoms with Crippen LogP contribution in [0.1, 0.15) is 13.8 Å². The average Bonchev–Trinajstić information content (AvgIpc) is 2.40. The third-order valence-electron chi connectivity index (χ3n) is 2.13. The molecule has 4 heteroatoms. The second-order valence-electron chi connectivity index (χ2n) is 4.04. The van der Waals surface area contributed by atoms with Gasteiger partial charge in [-0.1, -0.05) is 12.1 Å². The van der Waals surface area contributed by atoms with Gasteiger partial charge >= 0.3 is 0 Å². The van der Waals surface area contributed by atoms with Gasteiger partial charge in [-0.3, -0.25) is 0 Å². The van der Waals surface area contributed by atoms with Crippen LogP contribution in [0.3, 0.4) is 0 Å². The molecule has 2 rings (SSSR count). The minimum Gasteiger partial charge on any atom is -0.513 e. The second-order valence-corrected chi connectivity index (χ2v) is 4.04. The molecule has 0 saturated carbocycles. The van der Waals surface area contributed by atoms with Crippen molar-refractivity contribution in [2.24, 2.45) is 0 Å². The molecule has 3 nitrogen and oxygen atoms in total. The molecule has 0 aliphatic heterocycles. The summed E-state index contributed by atoms with van der Waals surface area (Å²) >= 11 is 0. The molecule has 2 aromatic rings. The van der Waals surface area contributed by atoms with Crippen molar-refractivity contribution in [3.8, 4) is 11.3 Å². The molecule has 1 radical (unpaired) electrons. The van der Waals surface area contributed by atoms with Crippen molar-refractivity contribution in [2.45, 2.75) is 20.0 Å². The minimum absolute atomic E-state index is 0. The number of pyridine rings is 1. The van der Waals surface area contributed by atoms with Crippen LogP contribution in [0.5, 0.6) is 0 Å². The van der Waals surface area contributed by atoms with Gasteiger partial charge in [-0.15, -0.1) is 35.9 Å². The second kappa shape index (κ2) is 10.3. The van der Waals surface area contributed by atoms with E-state index >= 15 is 0 Å². The molecular weight excluding hydrogens is 430 g/mol. The fourth-order valence-electron chi connectivity index (χ4n) is 1.42. The summed E-state index contributed by atoms with van der Waals surface area (Å²) in [5.41, 5.74) is 2.01. The standard InChI is InChI=1S/C11H8N.C5H10O2.Ir/c1-2-6-10(7-3-1)11-8-4-5-9-12-11;1-4(6)3-5(2)7;/h1-6,8-9H;3-4,6-7H,1-2H3;/q-1;;/b;5-3-;/t;4-;/m.0./s1. The van der Waals surface area contributed by atoms with E-state index in [1.54, 1.807) is 13.1 Å². The van der Waals surface area contributed by atoms with Gasteiger partial charge in [0, 0.05) is 26.3 Å². The van der Waals surface area contributed by atoms with Crippen LogP contribution >= 0.6 is 0 Å². The summed E-state index contributed by atoms with van der Waals surface area (Å²) < 4.78 is 0. The molecule has 1 heterocycles. The maximum absolute atomic E-state index is 8.49. The minimum atomic E-state index is -0.537. The molecule has 0 fully saturated rings. The summed E-state index contributed by atoms with van der Waals surface area (Å²) in [4.78, 5) is 4.22. The third-order valence-corrected chi connectivity index (χ3v) is 2.13. The van der Waals surface area contributed by atoms with Gasteiger partial charge in [0.05, 0.1) is 11.9 Å². The van der Waals surface area contributed by atoms with Crippen molar-refractivity contribution in [1.29, 1.82) is 0 Å². The number of aromatic nitrogens is 1. The average molecular weight is 449 g/mol. The van der Waals surface area contributed by atoms with E-state index in [9.17, 15) is 0 Å². The smallest absolute Gasteiger partial charge is 0.0877 e. The quantitative estimate of drug-likeness (QED) is 0.547. The zero-order valence-corrected chi connectivity index (χ0v) is 13.8. The molecule has 109 valence electrons. The predicted octanol–water partition coefficient (Wildman–Crippen LogP) is 3.38. The van der Waals surface area contributed by atoms with Crippen molar-refractivity contribution in [3.05, 3.63) is 66.6 Å². The summed E-state index contributed by atoms with van der Waals surface area (Å²) in [7, 11) is 0. The van der Waals surface area contributed by atoms with Gasteiger partial charge < -0.3 is 15.2 Å². The van der Waals surface area contributed by atoms with Crippen molar-refractivity contribution >= 4 is 0 Å². The Hall–Kier alpha value is -1.48. The van der Waals surface area contributed by atoms with Crippen molar-refractivity contribution in [2.75, 3.05) is 0 Å². The van der Waals surface area contributed by atoms with E-state index in [1.807, 2.05) is 42.5 Å². The molecule has 0 aliphatic carbocycles. The van der Waals surface area contributed by atoms with Crippen molar-refractivity contribution < 1.29 is 30.3 Å². The van der Waals surface area contributed by atoms with Crippen molar-refractivity contribution in [3.63, 3.8) is 0 Å². The first kappa shape index (κ1) is 18.5. The number of allylic oxidation sites excluding steroid dienone is 1. The molecule has 0 aliphatic rings. The molecule has 0 amide bonds. The predicted molar refractivity (Wildman–Crippen MR) is 76.6 cm³/mol. The number of nitrogens with zero attached hydrogens (tertiary/aromatic N) is 1. The van der Waals surface area contributed by atoms with Crippen LogP contribution in [0.15, 0.2) is 60.5 Å². The normalized spacial score (nSPS) is 11.7. The van der Waals surface area contributed by atoms with E-state index in [1.165, 1.54) is 13.0 Å². The maximum atomic E-state index is 8.49. The molecule has 2 N–H and O–H groups in total. The molecule has 0 unspecified atom stereocenters.